The molecule has 1 aromatic heterocycles. The van der Waals surface area contributed by atoms with E-state index in [1.165, 1.54) is 0 Å². The summed E-state index contributed by atoms with van der Waals surface area (Å²) in [5.74, 6) is -1.43. The number of unbranched alkanes of at least 4 members (excludes halogenated alkanes) is 1. The maximum absolute atomic E-state index is 11.0. The van der Waals surface area contributed by atoms with Gasteiger partial charge in [-0.3, -0.25) is 9.59 Å². The third-order valence-electron chi connectivity index (χ3n) is 2.64. The molecule has 106 valence electrons. The first kappa shape index (κ1) is 17.5. The van der Waals surface area contributed by atoms with Crippen LogP contribution in [0.1, 0.15) is 29.6 Å². The van der Waals surface area contributed by atoms with Gasteiger partial charge >= 0.3 is 5.97 Å². The summed E-state index contributed by atoms with van der Waals surface area (Å²) < 4.78 is 1.85. The molecule has 0 aliphatic heterocycles. The van der Waals surface area contributed by atoms with E-state index < -0.39 is 17.9 Å². The molecule has 0 unspecified atom stereocenters. The Hall–Kier alpha value is -1.47. The molecule has 0 saturated heterocycles. The summed E-state index contributed by atoms with van der Waals surface area (Å²) in [4.78, 5) is 21.5. The molecule has 19 heavy (non-hydrogen) atoms. The summed E-state index contributed by atoms with van der Waals surface area (Å²) in [6.45, 7) is 0.702. The van der Waals surface area contributed by atoms with Crippen LogP contribution < -0.4 is 33.0 Å². The van der Waals surface area contributed by atoms with Crippen molar-refractivity contribution in [3.8, 4) is 0 Å². The van der Waals surface area contributed by atoms with Crippen molar-refractivity contribution in [1.29, 1.82) is 0 Å². The minimum Gasteiger partial charge on any atom is -1.00 e. The van der Waals surface area contributed by atoms with E-state index >= 15 is 0 Å². The lowest BCUT2D eigenvalue weighted by atomic mass is 10.1. The zero-order valence-electron chi connectivity index (χ0n) is 10.5. The van der Waals surface area contributed by atoms with E-state index in [1.54, 1.807) is 18.3 Å². The highest BCUT2D eigenvalue weighted by molar-refractivity contribution is 5.92. The topological polar surface area (TPSA) is 110 Å². The second-order valence-electron chi connectivity index (χ2n) is 4.14. The number of halogens is 1. The lowest BCUT2D eigenvalue weighted by Gasteiger charge is -2.04. The first-order valence-electron chi connectivity index (χ1n) is 5.78. The molecular formula is C12H18BrN3O3. The number of rotatable bonds is 7. The zero-order valence-corrected chi connectivity index (χ0v) is 12.0. The lowest BCUT2D eigenvalue weighted by Crippen LogP contribution is -3.00. The molecule has 7 heteroatoms. The number of amides is 1. The largest absolute Gasteiger partial charge is 1.00 e. The van der Waals surface area contributed by atoms with E-state index in [4.69, 9.17) is 16.6 Å². The van der Waals surface area contributed by atoms with Crippen LogP contribution in [0.5, 0.6) is 0 Å². The Kier molecular flexibility index (Phi) is 7.94. The molecule has 0 aliphatic carbocycles. The van der Waals surface area contributed by atoms with Crippen LogP contribution in [0.4, 0.5) is 0 Å². The van der Waals surface area contributed by atoms with E-state index in [9.17, 15) is 9.59 Å². The molecule has 1 amide bonds. The Bertz CT molecular complexity index is 440. The summed E-state index contributed by atoms with van der Waals surface area (Å²) in [7, 11) is 0. The molecule has 6 nitrogen and oxygen atoms in total. The molecule has 5 N–H and O–H groups in total. The van der Waals surface area contributed by atoms with Gasteiger partial charge in [-0.2, -0.15) is 0 Å². The number of carboxylic acid groups (broad SMARTS) is 1. The first-order valence-corrected chi connectivity index (χ1v) is 5.78. The molecule has 1 aromatic rings. The Morgan fingerprint density at radius 1 is 1.37 bits per heavy atom. The molecule has 0 radical (unpaired) electrons. The van der Waals surface area contributed by atoms with Crippen LogP contribution in [0.2, 0.25) is 0 Å². The smallest absolute Gasteiger partial charge is 0.320 e. The maximum atomic E-state index is 11.0. The van der Waals surface area contributed by atoms with Crippen LogP contribution in [0.25, 0.3) is 0 Å². The minimum atomic E-state index is -0.974. The van der Waals surface area contributed by atoms with Crippen molar-refractivity contribution in [3.05, 3.63) is 30.1 Å². The van der Waals surface area contributed by atoms with Crippen molar-refractivity contribution < 1.29 is 36.2 Å². The standard InChI is InChI=1S/C12H17N3O3.BrH/c13-10(12(17)18)5-1-2-6-15-7-3-4-9(8-15)11(14)16;/h3-4,7-8,10H,1-2,5-6,13H2,(H2-,14,16,17,18);1H/t10-;/m0./s1. The van der Waals surface area contributed by atoms with Gasteiger partial charge in [0.05, 0.1) is 0 Å². The van der Waals surface area contributed by atoms with Crippen molar-refractivity contribution in [2.75, 3.05) is 0 Å². The molecule has 0 spiro atoms. The minimum absolute atomic E-state index is 0. The molecule has 0 aliphatic rings. The Morgan fingerprint density at radius 3 is 2.63 bits per heavy atom. The van der Waals surface area contributed by atoms with Gasteiger partial charge in [-0.25, -0.2) is 4.57 Å². The fourth-order valence-corrected chi connectivity index (χ4v) is 1.59. The van der Waals surface area contributed by atoms with Gasteiger partial charge in [-0.1, -0.05) is 0 Å². The number of nitrogens with zero attached hydrogens (tertiary/aromatic N) is 1. The normalized spacial score (nSPS) is 11.4. The predicted molar refractivity (Wildman–Crippen MR) is 64.6 cm³/mol. The third-order valence-corrected chi connectivity index (χ3v) is 2.64. The molecule has 0 fully saturated rings. The van der Waals surface area contributed by atoms with Gasteiger partial charge in [-0.15, -0.1) is 0 Å². The fraction of sp³-hybridized carbons (Fsp3) is 0.417. The number of hydrogen-bond acceptors (Lipinski definition) is 3. The second-order valence-corrected chi connectivity index (χ2v) is 4.14. The summed E-state index contributed by atoms with van der Waals surface area (Å²) >= 11 is 0. The fourth-order valence-electron chi connectivity index (χ4n) is 1.59. The van der Waals surface area contributed by atoms with Gasteiger partial charge in [0.25, 0.3) is 5.91 Å². The van der Waals surface area contributed by atoms with Gasteiger partial charge in [0, 0.05) is 12.5 Å². The molecule has 0 saturated carbocycles. The summed E-state index contributed by atoms with van der Waals surface area (Å²) in [5, 5.41) is 8.61. The number of pyridine rings is 1. The quantitative estimate of drug-likeness (QED) is 0.358. The van der Waals surface area contributed by atoms with Crippen molar-refractivity contribution in [2.24, 2.45) is 11.5 Å². The first-order chi connectivity index (χ1) is 8.50. The molecule has 0 aromatic carbocycles. The molecule has 1 rings (SSSR count). The van der Waals surface area contributed by atoms with Gasteiger partial charge in [0.1, 0.15) is 18.2 Å². The summed E-state index contributed by atoms with van der Waals surface area (Å²) in [6.07, 6.45) is 5.49. The van der Waals surface area contributed by atoms with Crippen molar-refractivity contribution >= 4 is 11.9 Å². The van der Waals surface area contributed by atoms with E-state index in [1.807, 2.05) is 10.8 Å². The number of carbonyl (C=O) groups excluding carboxylic acids is 1. The van der Waals surface area contributed by atoms with Crippen molar-refractivity contribution in [3.63, 3.8) is 0 Å². The average molecular weight is 332 g/mol. The number of hydrogen-bond donors (Lipinski definition) is 3. The number of carbonyl (C=O) groups is 2. The Balaban J connectivity index is 0.00000324. The van der Waals surface area contributed by atoms with Crippen LogP contribution in [-0.2, 0) is 11.3 Å². The van der Waals surface area contributed by atoms with Gasteiger partial charge in [-0.05, 0) is 18.9 Å². The molecule has 0 bridgehead atoms. The highest BCUT2D eigenvalue weighted by Gasteiger charge is 2.11. The SMILES string of the molecule is NC(=O)c1ccc[n+](CCCC[C@H](N)C(=O)O)c1.[Br-]. The molecule has 1 heterocycles. The summed E-state index contributed by atoms with van der Waals surface area (Å²) in [6, 6.07) is 2.61. The van der Waals surface area contributed by atoms with Crippen LogP contribution >= 0.6 is 0 Å². The highest BCUT2D eigenvalue weighted by atomic mass is 79.9. The predicted octanol–water partition coefficient (Wildman–Crippen LogP) is -3.34. The zero-order chi connectivity index (χ0) is 13.5. The van der Waals surface area contributed by atoms with Crippen LogP contribution in [-0.4, -0.2) is 23.0 Å². The van der Waals surface area contributed by atoms with E-state index in [2.05, 4.69) is 0 Å². The average Bonchev–Trinajstić information content (AvgIpc) is 2.34. The number of nitrogens with two attached hydrogens (primary N) is 2. The summed E-state index contributed by atoms with van der Waals surface area (Å²) in [5.41, 5.74) is 11.0. The Morgan fingerprint density at radius 2 is 2.05 bits per heavy atom. The van der Waals surface area contributed by atoms with Gasteiger partial charge < -0.3 is 33.6 Å². The lowest BCUT2D eigenvalue weighted by molar-refractivity contribution is -0.697. The van der Waals surface area contributed by atoms with E-state index in [0.29, 0.717) is 18.5 Å². The monoisotopic (exact) mass is 331 g/mol. The highest BCUT2D eigenvalue weighted by Crippen LogP contribution is 2.00. The van der Waals surface area contributed by atoms with Crippen LogP contribution in [0.15, 0.2) is 24.5 Å². The van der Waals surface area contributed by atoms with Crippen LogP contribution in [0.3, 0.4) is 0 Å². The van der Waals surface area contributed by atoms with Crippen molar-refractivity contribution in [2.45, 2.75) is 31.8 Å². The molecular weight excluding hydrogens is 314 g/mol. The maximum Gasteiger partial charge on any atom is 0.320 e. The van der Waals surface area contributed by atoms with Gasteiger partial charge in [0.15, 0.2) is 12.4 Å². The number of aliphatic carboxylic acids is 1. The second kappa shape index (κ2) is 8.60. The van der Waals surface area contributed by atoms with Crippen molar-refractivity contribution in [1.82, 2.24) is 0 Å². The van der Waals surface area contributed by atoms with E-state index in [-0.39, 0.29) is 17.0 Å². The third kappa shape index (κ3) is 6.30. The Labute approximate surface area is 122 Å². The molecule has 1 atom stereocenters. The van der Waals surface area contributed by atoms with Crippen LogP contribution in [0, 0.1) is 0 Å². The van der Waals surface area contributed by atoms with E-state index in [0.717, 1.165) is 12.8 Å². The van der Waals surface area contributed by atoms with Gasteiger partial charge in [0.2, 0.25) is 0 Å². The number of primary amides is 1. The number of carboxylic acids is 1. The number of aryl methyl sites for hydroxylation is 1. The number of aromatic nitrogens is 1.